The number of benzene rings is 1. The summed E-state index contributed by atoms with van der Waals surface area (Å²) in [5.41, 5.74) is 6.97. The molecular formula is C11H19N3O4S2. The minimum absolute atomic E-state index is 0.0370. The summed E-state index contributed by atoms with van der Waals surface area (Å²) in [6.07, 6.45) is 0.140. The number of hydrogen-bond donors (Lipinski definition) is 3. The number of sulfonamides is 2. The van der Waals surface area contributed by atoms with Crippen molar-refractivity contribution in [2.45, 2.75) is 18.7 Å². The smallest absolute Gasteiger partial charge is 0.215 e. The summed E-state index contributed by atoms with van der Waals surface area (Å²) in [5.74, 6) is -0.422. The van der Waals surface area contributed by atoms with Crippen molar-refractivity contribution in [1.29, 1.82) is 0 Å². The van der Waals surface area contributed by atoms with Crippen LogP contribution in [0.1, 0.15) is 17.5 Å². The second-order valence-corrected chi connectivity index (χ2v) is 7.94. The lowest BCUT2D eigenvalue weighted by atomic mass is 10.1. The van der Waals surface area contributed by atoms with Crippen molar-refractivity contribution >= 4 is 20.0 Å². The van der Waals surface area contributed by atoms with Crippen LogP contribution in [0.3, 0.4) is 0 Å². The summed E-state index contributed by atoms with van der Waals surface area (Å²) >= 11 is 0. The van der Waals surface area contributed by atoms with Crippen LogP contribution in [0.5, 0.6) is 0 Å². The van der Waals surface area contributed by atoms with E-state index in [0.717, 1.165) is 5.56 Å². The number of nitrogens with one attached hydrogen (secondary N) is 1. The fourth-order valence-corrected chi connectivity index (χ4v) is 3.34. The molecule has 0 heterocycles. The van der Waals surface area contributed by atoms with Gasteiger partial charge in [-0.2, -0.15) is 0 Å². The molecule has 1 aromatic carbocycles. The standard InChI is InChI=1S/C11H19N3O4S2/c12-8-10-3-1-4-11(7-10)9-20(17,18)14-5-2-6-19(13,15)16/h1,3-4,7,14H,2,5-6,8-9,12H2,(H2,13,15,16). The molecule has 0 aromatic heterocycles. The Morgan fingerprint density at radius 3 is 2.35 bits per heavy atom. The van der Waals surface area contributed by atoms with E-state index in [1.165, 1.54) is 0 Å². The Hall–Kier alpha value is -1.00. The third-order valence-corrected chi connectivity index (χ3v) is 4.73. The predicted octanol–water partition coefficient (Wildman–Crippen LogP) is -0.757. The van der Waals surface area contributed by atoms with E-state index in [-0.39, 0.29) is 24.5 Å². The zero-order valence-electron chi connectivity index (χ0n) is 10.9. The number of primary sulfonamides is 1. The highest BCUT2D eigenvalue weighted by molar-refractivity contribution is 7.89. The Kier molecular flexibility index (Phi) is 6.08. The number of rotatable bonds is 8. The van der Waals surface area contributed by atoms with Crippen LogP contribution in [-0.4, -0.2) is 29.1 Å². The lowest BCUT2D eigenvalue weighted by molar-refractivity contribution is 0.576. The van der Waals surface area contributed by atoms with Crippen molar-refractivity contribution in [2.75, 3.05) is 12.3 Å². The molecule has 0 aliphatic heterocycles. The summed E-state index contributed by atoms with van der Waals surface area (Å²) in [7, 11) is -7.06. The van der Waals surface area contributed by atoms with Crippen LogP contribution in [0.25, 0.3) is 0 Å². The lowest BCUT2D eigenvalue weighted by Crippen LogP contribution is -2.28. The molecule has 1 rings (SSSR count). The summed E-state index contributed by atoms with van der Waals surface area (Å²) in [5, 5.41) is 4.82. The van der Waals surface area contributed by atoms with Gasteiger partial charge >= 0.3 is 0 Å². The normalized spacial score (nSPS) is 12.5. The van der Waals surface area contributed by atoms with Crippen molar-refractivity contribution in [3.63, 3.8) is 0 Å². The van der Waals surface area contributed by atoms with Crippen LogP contribution in [0.2, 0.25) is 0 Å². The summed E-state index contributed by atoms with van der Waals surface area (Å²) in [6.45, 7) is 0.380. The Labute approximate surface area is 119 Å². The maximum atomic E-state index is 11.8. The van der Waals surface area contributed by atoms with Gasteiger partial charge in [0.1, 0.15) is 0 Å². The third-order valence-electron chi connectivity index (χ3n) is 2.51. The first-order valence-electron chi connectivity index (χ1n) is 5.97. The van der Waals surface area contributed by atoms with E-state index in [0.29, 0.717) is 12.1 Å². The highest BCUT2D eigenvalue weighted by atomic mass is 32.2. The fraction of sp³-hybridized carbons (Fsp3) is 0.455. The minimum atomic E-state index is -3.56. The average Bonchev–Trinajstić information content (AvgIpc) is 2.33. The molecule has 9 heteroatoms. The van der Waals surface area contributed by atoms with Crippen molar-refractivity contribution in [3.8, 4) is 0 Å². The van der Waals surface area contributed by atoms with Gasteiger partial charge in [0, 0.05) is 13.1 Å². The van der Waals surface area contributed by atoms with Gasteiger partial charge in [0.25, 0.3) is 0 Å². The Morgan fingerprint density at radius 2 is 1.75 bits per heavy atom. The van der Waals surface area contributed by atoms with E-state index in [1.54, 1.807) is 18.2 Å². The third kappa shape index (κ3) is 6.96. The van der Waals surface area contributed by atoms with Crippen molar-refractivity contribution in [3.05, 3.63) is 35.4 Å². The molecule has 114 valence electrons. The molecule has 0 aliphatic carbocycles. The van der Waals surface area contributed by atoms with E-state index in [2.05, 4.69) is 4.72 Å². The van der Waals surface area contributed by atoms with Crippen molar-refractivity contribution in [2.24, 2.45) is 10.9 Å². The van der Waals surface area contributed by atoms with Gasteiger partial charge < -0.3 is 5.73 Å². The monoisotopic (exact) mass is 321 g/mol. The molecule has 0 radical (unpaired) electrons. The van der Waals surface area contributed by atoms with Crippen LogP contribution in [0.4, 0.5) is 0 Å². The molecule has 1 aromatic rings. The van der Waals surface area contributed by atoms with E-state index in [1.807, 2.05) is 6.07 Å². The highest BCUT2D eigenvalue weighted by Gasteiger charge is 2.12. The van der Waals surface area contributed by atoms with E-state index < -0.39 is 20.0 Å². The summed E-state index contributed by atoms with van der Waals surface area (Å²) < 4.78 is 47.4. The molecule has 0 fully saturated rings. The van der Waals surface area contributed by atoms with Gasteiger partial charge in [-0.25, -0.2) is 26.7 Å². The molecule has 0 amide bonds. The van der Waals surface area contributed by atoms with Crippen LogP contribution in [0, 0.1) is 0 Å². The van der Waals surface area contributed by atoms with Crippen LogP contribution in [-0.2, 0) is 32.3 Å². The zero-order valence-corrected chi connectivity index (χ0v) is 12.6. The molecular weight excluding hydrogens is 302 g/mol. The summed E-state index contributed by atoms with van der Waals surface area (Å²) in [6, 6.07) is 6.98. The molecule has 7 nitrogen and oxygen atoms in total. The van der Waals surface area contributed by atoms with Gasteiger partial charge in [0.05, 0.1) is 11.5 Å². The van der Waals surface area contributed by atoms with Gasteiger partial charge in [0.15, 0.2) is 0 Å². The Balaban J connectivity index is 2.52. The Bertz CT molecular complexity index is 641. The molecule has 20 heavy (non-hydrogen) atoms. The first-order valence-corrected chi connectivity index (χ1v) is 9.34. The van der Waals surface area contributed by atoms with Crippen LogP contribution in [0.15, 0.2) is 24.3 Å². The molecule has 0 unspecified atom stereocenters. The van der Waals surface area contributed by atoms with Crippen LogP contribution < -0.4 is 15.6 Å². The zero-order chi connectivity index (χ0) is 15.2. The topological polar surface area (TPSA) is 132 Å². The summed E-state index contributed by atoms with van der Waals surface area (Å²) in [4.78, 5) is 0. The second kappa shape index (κ2) is 7.14. The molecule has 0 saturated heterocycles. The van der Waals surface area contributed by atoms with Gasteiger partial charge in [-0.1, -0.05) is 24.3 Å². The van der Waals surface area contributed by atoms with E-state index in [9.17, 15) is 16.8 Å². The fourth-order valence-electron chi connectivity index (χ4n) is 1.62. The SMILES string of the molecule is NCc1cccc(CS(=O)(=O)NCCCS(N)(=O)=O)c1. The molecule has 0 spiro atoms. The van der Waals surface area contributed by atoms with Crippen LogP contribution >= 0.6 is 0 Å². The highest BCUT2D eigenvalue weighted by Crippen LogP contribution is 2.08. The predicted molar refractivity (Wildman–Crippen MR) is 77.6 cm³/mol. The average molecular weight is 321 g/mol. The first kappa shape index (κ1) is 17.1. The first-order chi connectivity index (χ1) is 9.22. The van der Waals surface area contributed by atoms with E-state index in [4.69, 9.17) is 10.9 Å². The number of nitrogens with two attached hydrogens (primary N) is 2. The maximum Gasteiger partial charge on any atom is 0.215 e. The molecule has 0 atom stereocenters. The molecule has 5 N–H and O–H groups in total. The van der Waals surface area contributed by atoms with Crippen molar-refractivity contribution < 1.29 is 16.8 Å². The van der Waals surface area contributed by atoms with Crippen molar-refractivity contribution in [1.82, 2.24) is 4.72 Å². The largest absolute Gasteiger partial charge is 0.326 e. The number of hydrogen-bond acceptors (Lipinski definition) is 5. The van der Waals surface area contributed by atoms with Gasteiger partial charge in [-0.05, 0) is 17.5 Å². The maximum absolute atomic E-state index is 11.8. The quantitative estimate of drug-likeness (QED) is 0.542. The minimum Gasteiger partial charge on any atom is -0.326 e. The van der Waals surface area contributed by atoms with Gasteiger partial charge in [0.2, 0.25) is 20.0 Å². The van der Waals surface area contributed by atoms with E-state index >= 15 is 0 Å². The molecule has 0 bridgehead atoms. The molecule has 0 aliphatic rings. The van der Waals surface area contributed by atoms with Gasteiger partial charge in [-0.3, -0.25) is 0 Å². The Morgan fingerprint density at radius 1 is 1.10 bits per heavy atom. The molecule has 0 saturated carbocycles. The van der Waals surface area contributed by atoms with Gasteiger partial charge in [-0.15, -0.1) is 0 Å². The second-order valence-electron chi connectivity index (χ2n) is 4.40. The lowest BCUT2D eigenvalue weighted by Gasteiger charge is -2.07.